The maximum absolute atomic E-state index is 12.5. The van der Waals surface area contributed by atoms with Crippen LogP contribution in [-0.2, 0) is 17.8 Å². The Bertz CT molecular complexity index is 518. The van der Waals surface area contributed by atoms with Crippen LogP contribution in [0.25, 0.3) is 0 Å². The Labute approximate surface area is 125 Å². The zero-order valence-corrected chi connectivity index (χ0v) is 13.0. The molecule has 1 aromatic heterocycles. The van der Waals surface area contributed by atoms with Crippen LogP contribution >= 0.6 is 0 Å². The molecule has 1 amide bonds. The molecule has 0 radical (unpaired) electrons. The summed E-state index contributed by atoms with van der Waals surface area (Å²) in [6, 6.07) is -0.101. The lowest BCUT2D eigenvalue weighted by molar-refractivity contribution is -0.127. The van der Waals surface area contributed by atoms with Crippen molar-refractivity contribution >= 4 is 5.91 Å². The van der Waals surface area contributed by atoms with E-state index in [0.717, 1.165) is 50.4 Å². The van der Waals surface area contributed by atoms with Gasteiger partial charge in [0.15, 0.2) is 5.82 Å². The van der Waals surface area contributed by atoms with Crippen LogP contribution in [0.5, 0.6) is 0 Å². The Hall–Kier alpha value is -1.43. The van der Waals surface area contributed by atoms with Crippen molar-refractivity contribution in [3.8, 4) is 0 Å². The molecule has 1 aromatic rings. The van der Waals surface area contributed by atoms with Gasteiger partial charge in [0.1, 0.15) is 5.82 Å². The number of hydrogen-bond acceptors (Lipinski definition) is 4. The number of rotatable bonds is 3. The predicted octanol–water partition coefficient (Wildman–Crippen LogP) is 1.32. The summed E-state index contributed by atoms with van der Waals surface area (Å²) in [6.45, 7) is 5.86. The van der Waals surface area contributed by atoms with Crippen LogP contribution in [0.1, 0.15) is 63.6 Å². The van der Waals surface area contributed by atoms with Gasteiger partial charge < -0.3 is 15.2 Å². The van der Waals surface area contributed by atoms with Crippen molar-refractivity contribution in [1.29, 1.82) is 0 Å². The van der Waals surface area contributed by atoms with Gasteiger partial charge in [0.2, 0.25) is 5.91 Å². The Morgan fingerprint density at radius 3 is 2.95 bits per heavy atom. The number of aromatic nitrogens is 3. The van der Waals surface area contributed by atoms with Gasteiger partial charge in [-0.1, -0.05) is 6.42 Å². The van der Waals surface area contributed by atoms with E-state index in [1.165, 1.54) is 12.8 Å². The number of hydrogen-bond donors (Lipinski definition) is 2. The molecule has 3 rings (SSSR count). The normalized spacial score (nSPS) is 27.0. The second-order valence-electron chi connectivity index (χ2n) is 6.49. The molecule has 2 unspecified atom stereocenters. The van der Waals surface area contributed by atoms with Gasteiger partial charge in [0.25, 0.3) is 0 Å². The molecule has 0 spiro atoms. The molecule has 0 bridgehead atoms. The third-order valence-electron chi connectivity index (χ3n) is 4.74. The fourth-order valence-corrected chi connectivity index (χ4v) is 3.34. The van der Waals surface area contributed by atoms with Gasteiger partial charge in [-0.3, -0.25) is 4.79 Å². The van der Waals surface area contributed by atoms with Crippen molar-refractivity contribution in [2.45, 2.75) is 70.5 Å². The second-order valence-corrected chi connectivity index (χ2v) is 6.49. The van der Waals surface area contributed by atoms with Gasteiger partial charge >= 0.3 is 0 Å². The lowest BCUT2D eigenvalue weighted by Crippen LogP contribution is -2.51. The van der Waals surface area contributed by atoms with Gasteiger partial charge in [-0.05, 0) is 46.1 Å². The topological polar surface area (TPSA) is 71.8 Å². The van der Waals surface area contributed by atoms with E-state index in [9.17, 15) is 4.79 Å². The molecule has 2 aliphatic rings. The number of amides is 1. The molecule has 0 aliphatic carbocycles. The molecule has 1 fully saturated rings. The van der Waals surface area contributed by atoms with Crippen molar-refractivity contribution in [3.05, 3.63) is 11.6 Å². The number of aryl methyl sites for hydroxylation is 1. The van der Waals surface area contributed by atoms with E-state index >= 15 is 0 Å². The third-order valence-corrected chi connectivity index (χ3v) is 4.74. The number of nitrogens with one attached hydrogen (secondary N) is 2. The van der Waals surface area contributed by atoms with Crippen LogP contribution in [0, 0.1) is 0 Å². The Kier molecular flexibility index (Phi) is 3.97. The highest BCUT2D eigenvalue weighted by atomic mass is 16.2. The van der Waals surface area contributed by atoms with Gasteiger partial charge in [-0.15, -0.1) is 10.2 Å². The molecule has 0 saturated carbocycles. The van der Waals surface area contributed by atoms with E-state index < -0.39 is 5.54 Å². The monoisotopic (exact) mass is 291 g/mol. The van der Waals surface area contributed by atoms with Crippen LogP contribution in [0.4, 0.5) is 0 Å². The molecule has 6 nitrogen and oxygen atoms in total. The standard InChI is InChI=1S/C15H25N5O/c1-11(17-14(21)15(2)8-6-9-16-15)13-19-18-12-7-4-3-5-10-20(12)13/h11,16H,3-10H2,1-2H3,(H,17,21). The molecule has 3 heterocycles. The van der Waals surface area contributed by atoms with Crippen LogP contribution in [0.15, 0.2) is 0 Å². The summed E-state index contributed by atoms with van der Waals surface area (Å²) in [6.07, 6.45) is 6.53. The van der Waals surface area contributed by atoms with E-state index in [-0.39, 0.29) is 11.9 Å². The van der Waals surface area contributed by atoms with Crippen LogP contribution in [0.3, 0.4) is 0 Å². The summed E-state index contributed by atoms with van der Waals surface area (Å²) >= 11 is 0. The van der Waals surface area contributed by atoms with E-state index in [2.05, 4.69) is 25.4 Å². The quantitative estimate of drug-likeness (QED) is 0.881. The SMILES string of the molecule is CC(NC(=O)C1(C)CCCN1)c1nnc2n1CCCCC2. The minimum absolute atomic E-state index is 0.0680. The van der Waals surface area contributed by atoms with E-state index in [4.69, 9.17) is 0 Å². The van der Waals surface area contributed by atoms with Gasteiger partial charge in [-0.2, -0.15) is 0 Å². The number of fused-ring (bicyclic) bond motifs is 1. The largest absolute Gasteiger partial charge is 0.345 e. The zero-order chi connectivity index (χ0) is 14.9. The summed E-state index contributed by atoms with van der Waals surface area (Å²) in [4.78, 5) is 12.5. The molecule has 0 aromatic carbocycles. The first kappa shape index (κ1) is 14.5. The first-order valence-corrected chi connectivity index (χ1v) is 8.08. The van der Waals surface area contributed by atoms with E-state index in [1.807, 2.05) is 13.8 Å². The molecule has 2 N–H and O–H groups in total. The van der Waals surface area contributed by atoms with Gasteiger partial charge in [0, 0.05) is 13.0 Å². The minimum atomic E-state index is -0.435. The maximum atomic E-state index is 12.5. The summed E-state index contributed by atoms with van der Waals surface area (Å²) < 4.78 is 2.20. The summed E-state index contributed by atoms with van der Waals surface area (Å²) in [5, 5.41) is 15.0. The summed E-state index contributed by atoms with van der Waals surface area (Å²) in [5.74, 6) is 2.02. The highest BCUT2D eigenvalue weighted by molar-refractivity contribution is 5.86. The fourth-order valence-electron chi connectivity index (χ4n) is 3.34. The minimum Gasteiger partial charge on any atom is -0.345 e. The maximum Gasteiger partial charge on any atom is 0.240 e. The molecular formula is C15H25N5O. The van der Waals surface area contributed by atoms with E-state index in [0.29, 0.717) is 0 Å². The van der Waals surface area contributed by atoms with Crippen LogP contribution in [-0.4, -0.2) is 32.8 Å². The van der Waals surface area contributed by atoms with Crippen molar-refractivity contribution in [2.75, 3.05) is 6.54 Å². The van der Waals surface area contributed by atoms with Crippen LogP contribution in [0.2, 0.25) is 0 Å². The highest BCUT2D eigenvalue weighted by Gasteiger charge is 2.37. The molecule has 21 heavy (non-hydrogen) atoms. The van der Waals surface area contributed by atoms with Crippen molar-refractivity contribution < 1.29 is 4.79 Å². The predicted molar refractivity (Wildman–Crippen MR) is 79.8 cm³/mol. The third kappa shape index (κ3) is 2.81. The Morgan fingerprint density at radius 1 is 1.33 bits per heavy atom. The van der Waals surface area contributed by atoms with Crippen molar-refractivity contribution in [1.82, 2.24) is 25.4 Å². The molecule has 1 saturated heterocycles. The average Bonchev–Trinajstić information content (AvgIpc) is 3.01. The summed E-state index contributed by atoms with van der Waals surface area (Å²) in [7, 11) is 0. The zero-order valence-electron chi connectivity index (χ0n) is 13.0. The molecule has 2 aliphatic heterocycles. The average molecular weight is 291 g/mol. The number of carbonyl (C=O) groups excluding carboxylic acids is 1. The lowest BCUT2D eigenvalue weighted by atomic mass is 9.99. The van der Waals surface area contributed by atoms with Crippen LogP contribution < -0.4 is 10.6 Å². The Balaban J connectivity index is 1.72. The van der Waals surface area contributed by atoms with Crippen molar-refractivity contribution in [2.24, 2.45) is 0 Å². The first-order valence-electron chi connectivity index (χ1n) is 8.08. The molecule has 2 atom stereocenters. The number of carbonyl (C=O) groups is 1. The fraction of sp³-hybridized carbons (Fsp3) is 0.800. The highest BCUT2D eigenvalue weighted by Crippen LogP contribution is 2.22. The summed E-state index contributed by atoms with van der Waals surface area (Å²) in [5.41, 5.74) is -0.435. The van der Waals surface area contributed by atoms with Crippen molar-refractivity contribution in [3.63, 3.8) is 0 Å². The molecule has 6 heteroatoms. The second kappa shape index (κ2) is 5.75. The Morgan fingerprint density at radius 2 is 2.19 bits per heavy atom. The molecular weight excluding hydrogens is 266 g/mol. The number of nitrogens with zero attached hydrogens (tertiary/aromatic N) is 3. The smallest absolute Gasteiger partial charge is 0.240 e. The lowest BCUT2D eigenvalue weighted by Gasteiger charge is -2.25. The van der Waals surface area contributed by atoms with E-state index in [1.54, 1.807) is 0 Å². The van der Waals surface area contributed by atoms with Gasteiger partial charge in [0.05, 0.1) is 11.6 Å². The van der Waals surface area contributed by atoms with Gasteiger partial charge in [-0.25, -0.2) is 0 Å². The molecule has 116 valence electrons. The first-order chi connectivity index (χ1) is 10.1.